The van der Waals surface area contributed by atoms with E-state index >= 15 is 0 Å². The third-order valence-corrected chi connectivity index (χ3v) is 10.4. The first kappa shape index (κ1) is 39.5. The third kappa shape index (κ3) is 12.2. The normalized spacial score (nSPS) is 13.8. The van der Waals surface area contributed by atoms with Crippen LogP contribution in [-0.4, -0.2) is 76.4 Å². The van der Waals surface area contributed by atoms with Gasteiger partial charge in [-0.1, -0.05) is 6.07 Å². The van der Waals surface area contributed by atoms with E-state index in [0.29, 0.717) is 58.2 Å². The van der Waals surface area contributed by atoms with Crippen LogP contribution in [0, 0.1) is 5.82 Å². The molecule has 2 N–H and O–H groups in total. The standard InChI is InChI=1S/C36H48FN6O7PS/c1-35(2,3)49-51(45,50-36(4,5)6)48-17-15-43(26-12-13-26)14-9-16-47-31-21-29-28(20-30(31)46-7)33(40-23-39-29)42-34-38-22-27(52-34)19-32(44)41-25-11-8-10-24(37)18-25/h8,10-11,18,20-23,26H,9,12-17,19H2,1-7H3,(H,41,44)(H,38,39,40,42). The number of hydrogen-bond acceptors (Lipinski definition) is 13. The summed E-state index contributed by atoms with van der Waals surface area (Å²) >= 11 is 1.31. The summed E-state index contributed by atoms with van der Waals surface area (Å²) in [5.41, 5.74) is -0.344. The lowest BCUT2D eigenvalue weighted by atomic mass is 10.2. The number of amides is 1. The second-order valence-corrected chi connectivity index (χ2v) is 17.0. The average Bonchev–Trinajstić information content (AvgIpc) is 3.79. The Hall–Kier alpha value is -3.72. The smallest absolute Gasteiger partial charge is 0.475 e. The van der Waals surface area contributed by atoms with E-state index in [0.717, 1.165) is 30.7 Å². The van der Waals surface area contributed by atoms with Crippen LogP contribution in [0.2, 0.25) is 0 Å². The summed E-state index contributed by atoms with van der Waals surface area (Å²) in [7, 11) is -2.20. The van der Waals surface area contributed by atoms with Gasteiger partial charge in [0.2, 0.25) is 5.91 Å². The minimum atomic E-state index is -3.78. The lowest BCUT2D eigenvalue weighted by Crippen LogP contribution is -2.32. The summed E-state index contributed by atoms with van der Waals surface area (Å²) in [5, 5.41) is 7.17. The van der Waals surface area contributed by atoms with Crippen molar-refractivity contribution in [2.24, 2.45) is 0 Å². The molecule has 0 bridgehead atoms. The zero-order valence-electron chi connectivity index (χ0n) is 30.7. The molecule has 0 spiro atoms. The largest absolute Gasteiger partial charge is 0.493 e. The molecular weight excluding hydrogens is 710 g/mol. The molecule has 0 saturated heterocycles. The Bertz CT molecular complexity index is 1860. The van der Waals surface area contributed by atoms with Crippen LogP contribution in [0.4, 0.5) is 21.0 Å². The first-order valence-electron chi connectivity index (χ1n) is 17.2. The Morgan fingerprint density at radius 1 is 1.00 bits per heavy atom. The number of nitrogens with one attached hydrogen (secondary N) is 2. The van der Waals surface area contributed by atoms with Crippen LogP contribution >= 0.6 is 19.2 Å². The van der Waals surface area contributed by atoms with Gasteiger partial charge in [-0.25, -0.2) is 23.9 Å². The maximum absolute atomic E-state index is 13.5. The number of ether oxygens (including phenoxy) is 2. The molecule has 2 aromatic carbocycles. The number of methoxy groups -OCH3 is 1. The molecule has 1 fully saturated rings. The van der Waals surface area contributed by atoms with E-state index < -0.39 is 24.8 Å². The molecule has 5 rings (SSSR count). The monoisotopic (exact) mass is 758 g/mol. The van der Waals surface area contributed by atoms with Gasteiger partial charge >= 0.3 is 7.82 Å². The molecule has 0 atom stereocenters. The maximum Gasteiger partial charge on any atom is 0.475 e. The van der Waals surface area contributed by atoms with Gasteiger partial charge in [0, 0.05) is 47.3 Å². The van der Waals surface area contributed by atoms with Crippen molar-refractivity contribution in [3.8, 4) is 11.5 Å². The van der Waals surface area contributed by atoms with Gasteiger partial charge < -0.3 is 20.1 Å². The molecule has 282 valence electrons. The summed E-state index contributed by atoms with van der Waals surface area (Å²) in [6, 6.07) is 9.84. The molecular formula is C36H48FN6O7PS. The summed E-state index contributed by atoms with van der Waals surface area (Å²) in [5.74, 6) is 0.905. The van der Waals surface area contributed by atoms with Gasteiger partial charge in [0.1, 0.15) is 18.0 Å². The lowest BCUT2D eigenvalue weighted by molar-refractivity contribution is -0.115. The van der Waals surface area contributed by atoms with E-state index in [1.165, 1.54) is 35.9 Å². The third-order valence-electron chi connectivity index (χ3n) is 7.45. The number of thiazole rings is 1. The number of carbonyl (C=O) groups excluding carboxylic acids is 1. The highest BCUT2D eigenvalue weighted by atomic mass is 32.1. The number of hydrogen-bond donors (Lipinski definition) is 2. The number of phosphoric acid groups is 1. The first-order chi connectivity index (χ1) is 24.6. The molecule has 1 aliphatic carbocycles. The van der Waals surface area contributed by atoms with E-state index in [4.69, 9.17) is 23.0 Å². The van der Waals surface area contributed by atoms with Gasteiger partial charge in [-0.2, -0.15) is 0 Å². The number of benzene rings is 2. The second-order valence-electron chi connectivity index (χ2n) is 14.4. The Morgan fingerprint density at radius 2 is 1.75 bits per heavy atom. The number of fused-ring (bicyclic) bond motifs is 1. The highest BCUT2D eigenvalue weighted by molar-refractivity contribution is 7.48. The highest BCUT2D eigenvalue weighted by Crippen LogP contribution is 2.55. The maximum atomic E-state index is 13.5. The topological polar surface area (TPSA) is 146 Å². The number of anilines is 3. The zero-order valence-corrected chi connectivity index (χ0v) is 32.4. The number of nitrogens with zero attached hydrogens (tertiary/aromatic N) is 4. The van der Waals surface area contributed by atoms with E-state index in [1.54, 1.807) is 19.4 Å². The van der Waals surface area contributed by atoms with Crippen LogP contribution in [-0.2, 0) is 29.4 Å². The van der Waals surface area contributed by atoms with Gasteiger partial charge in [0.15, 0.2) is 16.6 Å². The fraction of sp³-hybridized carbons (Fsp3) is 0.500. The van der Waals surface area contributed by atoms with E-state index in [2.05, 4.69) is 30.5 Å². The molecule has 4 aromatic rings. The number of halogens is 1. The van der Waals surface area contributed by atoms with Gasteiger partial charge in [0.05, 0.1) is 43.5 Å². The van der Waals surface area contributed by atoms with Gasteiger partial charge in [0.25, 0.3) is 0 Å². The van der Waals surface area contributed by atoms with Crippen molar-refractivity contribution in [3.05, 3.63) is 59.6 Å². The predicted octanol–water partition coefficient (Wildman–Crippen LogP) is 8.15. The summed E-state index contributed by atoms with van der Waals surface area (Å²) < 4.78 is 56.1. The van der Waals surface area contributed by atoms with Crippen LogP contribution < -0.4 is 20.1 Å². The predicted molar refractivity (Wildman–Crippen MR) is 200 cm³/mol. The molecule has 1 aliphatic rings. The average molecular weight is 759 g/mol. The lowest BCUT2D eigenvalue weighted by Gasteiger charge is -2.31. The van der Waals surface area contributed by atoms with Crippen LogP contribution in [0.25, 0.3) is 10.9 Å². The molecule has 2 heterocycles. The van der Waals surface area contributed by atoms with Gasteiger partial charge in [-0.15, -0.1) is 11.3 Å². The van der Waals surface area contributed by atoms with Crippen LogP contribution in [0.3, 0.4) is 0 Å². The van der Waals surface area contributed by atoms with Crippen molar-refractivity contribution in [2.45, 2.75) is 84.5 Å². The molecule has 52 heavy (non-hydrogen) atoms. The van der Waals surface area contributed by atoms with Crippen LogP contribution in [0.15, 0.2) is 48.9 Å². The van der Waals surface area contributed by atoms with Crippen molar-refractivity contribution in [2.75, 3.05) is 44.0 Å². The quantitative estimate of drug-likeness (QED) is 0.0746. The summed E-state index contributed by atoms with van der Waals surface area (Å²) in [4.78, 5) is 28.8. The number of phosphoric ester groups is 1. The molecule has 2 aromatic heterocycles. The van der Waals surface area contributed by atoms with Crippen molar-refractivity contribution < 1.29 is 36.8 Å². The van der Waals surface area contributed by atoms with E-state index in [-0.39, 0.29) is 18.9 Å². The molecule has 0 aliphatic heterocycles. The first-order valence-corrected chi connectivity index (χ1v) is 19.5. The SMILES string of the molecule is COc1cc2c(Nc3ncc(CC(=O)Nc4cccc(F)c4)s3)ncnc2cc1OCCCN(CCOP(=O)(OC(C)(C)C)OC(C)(C)C)C1CC1. The molecule has 13 nitrogen and oxygen atoms in total. The van der Waals surface area contributed by atoms with E-state index in [1.807, 2.05) is 53.7 Å². The molecule has 1 amide bonds. The fourth-order valence-electron chi connectivity index (χ4n) is 5.29. The van der Waals surface area contributed by atoms with Crippen molar-refractivity contribution >= 4 is 52.6 Å². The molecule has 0 unspecified atom stereocenters. The fourth-order valence-corrected chi connectivity index (χ4v) is 7.89. The minimum Gasteiger partial charge on any atom is -0.493 e. The number of aromatic nitrogens is 3. The van der Waals surface area contributed by atoms with Gasteiger partial charge in [-0.05, 0) is 85.1 Å². The van der Waals surface area contributed by atoms with Crippen LogP contribution in [0.1, 0.15) is 65.7 Å². The molecule has 0 radical (unpaired) electrons. The zero-order chi connectivity index (χ0) is 37.5. The second kappa shape index (κ2) is 17.0. The summed E-state index contributed by atoms with van der Waals surface area (Å²) in [6.07, 6.45) is 6.12. The minimum absolute atomic E-state index is 0.0853. The van der Waals surface area contributed by atoms with Crippen molar-refractivity contribution in [3.63, 3.8) is 0 Å². The summed E-state index contributed by atoms with van der Waals surface area (Å²) in [6.45, 7) is 12.9. The molecule has 16 heteroatoms. The Balaban J connectivity index is 1.15. The van der Waals surface area contributed by atoms with Crippen molar-refractivity contribution in [1.29, 1.82) is 0 Å². The Kier molecular flexibility index (Phi) is 12.9. The number of rotatable bonds is 18. The number of carbonyl (C=O) groups is 1. The Morgan fingerprint density at radius 3 is 2.42 bits per heavy atom. The van der Waals surface area contributed by atoms with Crippen molar-refractivity contribution in [1.82, 2.24) is 19.9 Å². The van der Waals surface area contributed by atoms with Gasteiger partial charge in [-0.3, -0.25) is 23.3 Å². The molecule has 1 saturated carbocycles. The van der Waals surface area contributed by atoms with Crippen LogP contribution in [0.5, 0.6) is 11.5 Å². The highest BCUT2D eigenvalue weighted by Gasteiger charge is 2.38. The van der Waals surface area contributed by atoms with E-state index in [9.17, 15) is 13.8 Å². The Labute approximate surface area is 308 Å².